The molecule has 0 radical (unpaired) electrons. The Hall–Kier alpha value is -5.58. The molecule has 4 aromatic heterocycles. The lowest BCUT2D eigenvalue weighted by Crippen LogP contribution is -1.94. The van der Waals surface area contributed by atoms with Gasteiger partial charge in [0.1, 0.15) is 5.65 Å². The fraction of sp³-hybridized carbons (Fsp3) is 0. The predicted molar refractivity (Wildman–Crippen MR) is 187 cm³/mol. The van der Waals surface area contributed by atoms with E-state index in [1.807, 2.05) is 11.3 Å². The number of pyridine rings is 2. The van der Waals surface area contributed by atoms with Gasteiger partial charge in [-0.3, -0.25) is 4.40 Å². The Balaban J connectivity index is 1.24. The molecule has 0 spiro atoms. The number of fused-ring (bicyclic) bond motifs is 12. The summed E-state index contributed by atoms with van der Waals surface area (Å²) >= 11 is 1.87. The van der Waals surface area contributed by atoms with Crippen molar-refractivity contribution in [2.75, 3.05) is 0 Å². The number of rotatable bonds is 2. The van der Waals surface area contributed by atoms with Crippen molar-refractivity contribution in [1.82, 2.24) is 14.4 Å². The van der Waals surface area contributed by atoms with E-state index >= 15 is 0 Å². The minimum Gasteiger partial charge on any atom is -0.292 e. The van der Waals surface area contributed by atoms with E-state index in [0.29, 0.717) is 0 Å². The third kappa shape index (κ3) is 3.37. The van der Waals surface area contributed by atoms with Gasteiger partial charge in [-0.25, -0.2) is 9.97 Å². The van der Waals surface area contributed by atoms with Gasteiger partial charge >= 0.3 is 0 Å². The average molecular weight is 578 g/mol. The van der Waals surface area contributed by atoms with Crippen LogP contribution in [0.3, 0.4) is 0 Å². The topological polar surface area (TPSA) is 30.2 Å². The summed E-state index contributed by atoms with van der Waals surface area (Å²) in [5.41, 5.74) is 11.0. The van der Waals surface area contributed by atoms with Gasteiger partial charge in [0.05, 0.1) is 27.6 Å². The first-order valence-electron chi connectivity index (χ1n) is 14.8. The van der Waals surface area contributed by atoms with Crippen molar-refractivity contribution >= 4 is 80.9 Å². The van der Waals surface area contributed by atoms with Crippen molar-refractivity contribution in [3.05, 3.63) is 140 Å². The number of imidazole rings is 1. The summed E-state index contributed by atoms with van der Waals surface area (Å²) in [5, 5.41) is 5.95. The van der Waals surface area contributed by atoms with Crippen LogP contribution in [-0.4, -0.2) is 14.4 Å². The molecule has 0 saturated carbocycles. The molecule has 0 bridgehead atoms. The summed E-state index contributed by atoms with van der Waals surface area (Å²) in [5.74, 6) is 0. The molecule has 0 atom stereocenters. The quantitative estimate of drug-likeness (QED) is 0.151. The van der Waals surface area contributed by atoms with E-state index in [0.717, 1.165) is 49.4 Å². The normalized spacial score (nSPS) is 12.1. The second-order valence-corrected chi connectivity index (χ2v) is 12.5. The molecule has 0 amide bonds. The Morgan fingerprint density at radius 2 is 1.25 bits per heavy atom. The molecule has 0 unspecified atom stereocenters. The van der Waals surface area contributed by atoms with Crippen molar-refractivity contribution in [3.63, 3.8) is 0 Å². The maximum Gasteiger partial charge on any atom is 0.147 e. The summed E-state index contributed by atoms with van der Waals surface area (Å²) < 4.78 is 4.96. The molecule has 0 saturated heterocycles. The summed E-state index contributed by atoms with van der Waals surface area (Å²) in [6, 6.07) is 50.1. The lowest BCUT2D eigenvalue weighted by molar-refractivity contribution is 1.31. The molecule has 44 heavy (non-hydrogen) atoms. The Kier molecular flexibility index (Phi) is 4.87. The number of thiophene rings is 1. The SMILES string of the molecule is c1cc(-c2ccc3c(c2)c2nc4ccccc4cc2c2nc4ccccc4n32)cc(-c2cccc3c2sc2ccccc23)c1. The van der Waals surface area contributed by atoms with Crippen LogP contribution in [0.15, 0.2) is 140 Å². The van der Waals surface area contributed by atoms with Crippen LogP contribution in [0.5, 0.6) is 0 Å². The summed E-state index contributed by atoms with van der Waals surface area (Å²) in [6.45, 7) is 0. The van der Waals surface area contributed by atoms with Crippen LogP contribution in [0.4, 0.5) is 0 Å². The van der Waals surface area contributed by atoms with Gasteiger partial charge in [0.25, 0.3) is 0 Å². The fourth-order valence-corrected chi connectivity index (χ4v) is 8.12. The zero-order chi connectivity index (χ0) is 28.8. The summed E-state index contributed by atoms with van der Waals surface area (Å²) in [7, 11) is 0. The van der Waals surface area contributed by atoms with E-state index in [-0.39, 0.29) is 0 Å². The van der Waals surface area contributed by atoms with Gasteiger partial charge in [0.15, 0.2) is 0 Å². The first kappa shape index (κ1) is 23.9. The standard InChI is InChI=1S/C40H23N3S/c1-3-15-33-27(9-1)23-32-38(41-33)31-22-25(19-20-35(31)43-36-17-5-4-16-34(36)42-40(32)43)24-10-7-11-26(21-24)28-13-8-14-30-29-12-2-6-18-37(29)44-39(28)30/h1-23H. The molecule has 10 aromatic rings. The number of para-hydroxylation sites is 3. The van der Waals surface area contributed by atoms with Crippen LogP contribution in [0.1, 0.15) is 0 Å². The number of hydrogen-bond donors (Lipinski definition) is 0. The molecule has 10 rings (SSSR count). The molecule has 0 fully saturated rings. The highest BCUT2D eigenvalue weighted by Crippen LogP contribution is 2.41. The number of nitrogens with zero attached hydrogens (tertiary/aromatic N) is 3. The molecule has 0 aliphatic rings. The highest BCUT2D eigenvalue weighted by Gasteiger charge is 2.17. The van der Waals surface area contributed by atoms with Crippen LogP contribution in [-0.2, 0) is 0 Å². The lowest BCUT2D eigenvalue weighted by atomic mass is 9.96. The molecule has 0 aliphatic heterocycles. The molecule has 3 nitrogen and oxygen atoms in total. The smallest absolute Gasteiger partial charge is 0.147 e. The molecule has 4 heterocycles. The van der Waals surface area contributed by atoms with Crippen molar-refractivity contribution in [3.8, 4) is 22.3 Å². The Bertz CT molecular complexity index is 2790. The summed E-state index contributed by atoms with van der Waals surface area (Å²) in [4.78, 5) is 10.3. The van der Waals surface area contributed by atoms with Crippen molar-refractivity contribution < 1.29 is 0 Å². The second-order valence-electron chi connectivity index (χ2n) is 11.4. The van der Waals surface area contributed by atoms with Crippen LogP contribution in [0.25, 0.3) is 91.8 Å². The number of aromatic nitrogens is 3. The highest BCUT2D eigenvalue weighted by atomic mass is 32.1. The molecule has 204 valence electrons. The summed E-state index contributed by atoms with van der Waals surface area (Å²) in [6.07, 6.45) is 0. The van der Waals surface area contributed by atoms with Crippen molar-refractivity contribution in [1.29, 1.82) is 0 Å². The zero-order valence-corrected chi connectivity index (χ0v) is 24.3. The van der Waals surface area contributed by atoms with Gasteiger partial charge in [0, 0.05) is 36.3 Å². The van der Waals surface area contributed by atoms with Gasteiger partial charge < -0.3 is 0 Å². The minimum absolute atomic E-state index is 0.943. The van der Waals surface area contributed by atoms with Crippen molar-refractivity contribution in [2.45, 2.75) is 0 Å². The highest BCUT2D eigenvalue weighted by molar-refractivity contribution is 7.26. The maximum atomic E-state index is 5.23. The first-order chi connectivity index (χ1) is 21.8. The van der Waals surface area contributed by atoms with Crippen LogP contribution in [0.2, 0.25) is 0 Å². The first-order valence-corrected chi connectivity index (χ1v) is 15.7. The Labute approximate surface area is 256 Å². The van der Waals surface area contributed by atoms with Crippen LogP contribution in [0, 0.1) is 0 Å². The van der Waals surface area contributed by atoms with Crippen LogP contribution < -0.4 is 0 Å². The van der Waals surface area contributed by atoms with E-state index in [9.17, 15) is 0 Å². The molecular formula is C40H23N3S. The van der Waals surface area contributed by atoms with E-state index in [1.54, 1.807) is 0 Å². The largest absolute Gasteiger partial charge is 0.292 e. The Morgan fingerprint density at radius 3 is 2.23 bits per heavy atom. The average Bonchev–Trinajstić information content (AvgIpc) is 3.67. The van der Waals surface area contributed by atoms with Crippen LogP contribution >= 0.6 is 11.3 Å². The van der Waals surface area contributed by atoms with Gasteiger partial charge in [-0.2, -0.15) is 0 Å². The Morgan fingerprint density at radius 1 is 0.477 bits per heavy atom. The van der Waals surface area contributed by atoms with Gasteiger partial charge in [0.2, 0.25) is 0 Å². The molecule has 0 N–H and O–H groups in total. The van der Waals surface area contributed by atoms with Gasteiger partial charge in [-0.1, -0.05) is 91.0 Å². The fourth-order valence-electron chi connectivity index (χ4n) is 6.88. The zero-order valence-electron chi connectivity index (χ0n) is 23.5. The van der Waals surface area contributed by atoms with Crippen molar-refractivity contribution in [2.24, 2.45) is 0 Å². The maximum absolute atomic E-state index is 5.23. The minimum atomic E-state index is 0.943. The number of hydrogen-bond acceptors (Lipinski definition) is 3. The van der Waals surface area contributed by atoms with Gasteiger partial charge in [-0.15, -0.1) is 11.3 Å². The number of benzene rings is 6. The second kappa shape index (κ2) is 8.96. The van der Waals surface area contributed by atoms with E-state index in [2.05, 4.69) is 144 Å². The predicted octanol–water partition coefficient (Wildman–Crippen LogP) is 11.0. The molecule has 4 heteroatoms. The third-order valence-electron chi connectivity index (χ3n) is 8.93. The lowest BCUT2D eigenvalue weighted by Gasteiger charge is -2.12. The molecule has 0 aliphatic carbocycles. The van der Waals surface area contributed by atoms with E-state index in [4.69, 9.17) is 9.97 Å². The van der Waals surface area contributed by atoms with Gasteiger partial charge in [-0.05, 0) is 70.8 Å². The molecular weight excluding hydrogens is 555 g/mol. The molecule has 6 aromatic carbocycles. The van der Waals surface area contributed by atoms with E-state index in [1.165, 1.54) is 42.4 Å². The van der Waals surface area contributed by atoms with E-state index < -0.39 is 0 Å². The monoisotopic (exact) mass is 577 g/mol. The third-order valence-corrected chi connectivity index (χ3v) is 10.1.